The highest BCUT2D eigenvalue weighted by Crippen LogP contribution is 2.35. The van der Waals surface area contributed by atoms with Gasteiger partial charge < -0.3 is 25.4 Å². The first-order chi connectivity index (χ1) is 17.8. The summed E-state index contributed by atoms with van der Waals surface area (Å²) < 4.78 is 0. The fourth-order valence-corrected chi connectivity index (χ4v) is 4.67. The summed E-state index contributed by atoms with van der Waals surface area (Å²) in [7, 11) is 9.26. The van der Waals surface area contributed by atoms with Crippen LogP contribution in [0.2, 0.25) is 0 Å². The molecule has 1 aromatic heterocycles. The van der Waals surface area contributed by atoms with Gasteiger partial charge in [-0.3, -0.25) is 15.4 Å². The number of hydrogen-bond donors (Lipinski definition) is 3. The van der Waals surface area contributed by atoms with Crippen molar-refractivity contribution in [2.45, 2.75) is 6.42 Å². The molecule has 1 aliphatic heterocycles. The monoisotopic (exact) mass is 492 g/mol. The van der Waals surface area contributed by atoms with Crippen molar-refractivity contribution in [1.82, 2.24) is 9.88 Å². The van der Waals surface area contributed by atoms with Gasteiger partial charge in [0.25, 0.3) is 0 Å². The summed E-state index contributed by atoms with van der Waals surface area (Å²) in [6.07, 6.45) is 2.81. The Morgan fingerprint density at radius 3 is 2.32 bits per heavy atom. The van der Waals surface area contributed by atoms with E-state index >= 15 is 0 Å². The van der Waals surface area contributed by atoms with Crippen LogP contribution in [-0.2, 0) is 6.42 Å². The summed E-state index contributed by atoms with van der Waals surface area (Å²) in [5, 5.41) is 9.37. The van der Waals surface area contributed by atoms with E-state index in [-0.39, 0.29) is 0 Å². The molecule has 2 heterocycles. The third-order valence-electron chi connectivity index (χ3n) is 6.96. The molecule has 0 bridgehead atoms. The number of H-pyrrole nitrogens is 1. The van der Waals surface area contributed by atoms with E-state index in [9.17, 15) is 0 Å². The highest BCUT2D eigenvalue weighted by atomic mass is 15.3. The first-order valence-corrected chi connectivity index (χ1v) is 12.1. The number of nitrogens with two attached hydrogens (primary N) is 1. The minimum Gasteiger partial charge on any atom is -0.370 e. The van der Waals surface area contributed by atoms with E-state index in [0.717, 1.165) is 56.8 Å². The Kier molecular flexibility index (Phi) is 6.17. The molecule has 188 valence electrons. The minimum atomic E-state index is 0.435. The zero-order valence-corrected chi connectivity index (χ0v) is 21.9. The maximum absolute atomic E-state index is 8.22. The number of anilines is 2. The molecular weight excluding hydrogens is 460 g/mol. The average Bonchev–Trinajstić information content (AvgIpc) is 3.54. The molecule has 4 aromatic rings. The van der Waals surface area contributed by atoms with Gasteiger partial charge >= 0.3 is 0 Å². The Bertz CT molecular complexity index is 1540. The average molecular weight is 493 g/mol. The maximum atomic E-state index is 8.22. The molecule has 0 spiro atoms. The third-order valence-corrected chi connectivity index (χ3v) is 6.96. The van der Waals surface area contributed by atoms with Crippen LogP contribution in [-0.4, -0.2) is 62.8 Å². The van der Waals surface area contributed by atoms with E-state index in [1.807, 2.05) is 50.1 Å². The van der Waals surface area contributed by atoms with Crippen LogP contribution in [0, 0.1) is 5.41 Å². The fourth-order valence-electron chi connectivity index (χ4n) is 4.67. The van der Waals surface area contributed by atoms with Crippen LogP contribution in [0.5, 0.6) is 0 Å². The van der Waals surface area contributed by atoms with Gasteiger partial charge in [0.1, 0.15) is 0 Å². The summed E-state index contributed by atoms with van der Waals surface area (Å²) in [5.74, 6) is 0.907. The molecule has 3 aromatic carbocycles. The zero-order valence-electron chi connectivity index (χ0n) is 21.9. The van der Waals surface area contributed by atoms with Gasteiger partial charge in [0.2, 0.25) is 0 Å². The molecule has 8 heteroatoms. The Morgan fingerprint density at radius 1 is 0.919 bits per heavy atom. The number of aliphatic imine (C=N–C) groups is 2. The summed E-state index contributed by atoms with van der Waals surface area (Å²) >= 11 is 0. The summed E-state index contributed by atoms with van der Waals surface area (Å²) in [5.41, 5.74) is 15.7. The van der Waals surface area contributed by atoms with Gasteiger partial charge in [-0.2, -0.15) is 0 Å². The van der Waals surface area contributed by atoms with Crippen molar-refractivity contribution in [1.29, 1.82) is 5.41 Å². The molecule has 5 rings (SSSR count). The van der Waals surface area contributed by atoms with E-state index in [0.29, 0.717) is 11.9 Å². The van der Waals surface area contributed by atoms with Crippen molar-refractivity contribution in [3.05, 3.63) is 78.0 Å². The van der Waals surface area contributed by atoms with Gasteiger partial charge in [0.05, 0.1) is 11.4 Å². The second-order valence-corrected chi connectivity index (χ2v) is 9.48. The number of benzene rings is 3. The normalized spacial score (nSPS) is 12.9. The molecule has 37 heavy (non-hydrogen) atoms. The lowest BCUT2D eigenvalue weighted by Crippen LogP contribution is -2.37. The lowest BCUT2D eigenvalue weighted by Gasteiger charge is -2.25. The summed E-state index contributed by atoms with van der Waals surface area (Å²) in [6, 6.07) is 21.0. The first kappa shape index (κ1) is 24.1. The fraction of sp³-hybridized carbons (Fsp3) is 0.207. The molecule has 0 saturated heterocycles. The molecule has 0 radical (unpaired) electrons. The topological polar surface area (TPSA) is 100 Å². The number of aromatic nitrogens is 1. The van der Waals surface area contributed by atoms with Crippen LogP contribution in [0.15, 0.2) is 76.8 Å². The number of nitrogens with one attached hydrogen (secondary N) is 2. The zero-order chi connectivity index (χ0) is 26.3. The Hall–Kier alpha value is -4.59. The van der Waals surface area contributed by atoms with Crippen molar-refractivity contribution in [2.24, 2.45) is 15.7 Å². The van der Waals surface area contributed by atoms with Crippen molar-refractivity contribution in [2.75, 3.05) is 45.0 Å². The van der Waals surface area contributed by atoms with Crippen molar-refractivity contribution in [3.8, 4) is 11.1 Å². The van der Waals surface area contributed by atoms with Crippen molar-refractivity contribution >= 4 is 45.6 Å². The van der Waals surface area contributed by atoms with Crippen LogP contribution in [0.1, 0.15) is 11.1 Å². The summed E-state index contributed by atoms with van der Waals surface area (Å²) in [6.45, 7) is 0. The van der Waals surface area contributed by atoms with E-state index in [1.165, 1.54) is 5.56 Å². The molecule has 0 unspecified atom stereocenters. The van der Waals surface area contributed by atoms with Gasteiger partial charge in [-0.25, -0.2) is 0 Å². The number of rotatable bonds is 4. The van der Waals surface area contributed by atoms with Crippen LogP contribution in [0.4, 0.5) is 17.1 Å². The second-order valence-electron chi connectivity index (χ2n) is 9.48. The molecule has 0 atom stereocenters. The number of nitrogens with zero attached hydrogens (tertiary/aromatic N) is 5. The highest BCUT2D eigenvalue weighted by molar-refractivity contribution is 6.15. The van der Waals surface area contributed by atoms with E-state index in [2.05, 4.69) is 64.7 Å². The predicted molar refractivity (Wildman–Crippen MR) is 156 cm³/mol. The van der Waals surface area contributed by atoms with E-state index in [1.54, 1.807) is 11.9 Å². The minimum absolute atomic E-state index is 0.435. The maximum Gasteiger partial charge on any atom is 0.197 e. The standard InChI is InChI=1S/C29H32N8/c1-32-28(30)36(4)22-11-13-25-20(14-22)16-27(34-25)24-17-33-26-12-8-19(15-23(24)26)18-6-9-21(10-7-18)37(5)29(31)35(2)3/h6-15,17,31,33H,16H2,1-5H3,(H2,30,32). The van der Waals surface area contributed by atoms with E-state index < -0.39 is 0 Å². The van der Waals surface area contributed by atoms with Crippen LogP contribution >= 0.6 is 0 Å². The molecule has 8 nitrogen and oxygen atoms in total. The predicted octanol–water partition coefficient (Wildman–Crippen LogP) is 4.83. The number of guanidine groups is 2. The Morgan fingerprint density at radius 2 is 1.62 bits per heavy atom. The molecule has 0 aliphatic carbocycles. The quantitative estimate of drug-likeness (QED) is 0.281. The van der Waals surface area contributed by atoms with Gasteiger partial charge in [-0.1, -0.05) is 18.2 Å². The number of aromatic amines is 1. The number of hydrogen-bond acceptors (Lipinski definition) is 3. The van der Waals surface area contributed by atoms with Crippen LogP contribution in [0.25, 0.3) is 22.0 Å². The second kappa shape index (κ2) is 9.46. The highest BCUT2D eigenvalue weighted by Gasteiger charge is 2.20. The molecule has 4 N–H and O–H groups in total. The molecule has 1 aliphatic rings. The molecule has 0 fully saturated rings. The molecular formula is C29H32N8. The molecule has 0 amide bonds. The van der Waals surface area contributed by atoms with Crippen molar-refractivity contribution in [3.63, 3.8) is 0 Å². The van der Waals surface area contributed by atoms with Gasteiger partial charge in [-0.15, -0.1) is 0 Å². The van der Waals surface area contributed by atoms with E-state index in [4.69, 9.17) is 16.1 Å². The Labute approximate surface area is 217 Å². The van der Waals surface area contributed by atoms with Crippen molar-refractivity contribution < 1.29 is 0 Å². The third kappa shape index (κ3) is 4.42. The van der Waals surface area contributed by atoms with Crippen LogP contribution in [0.3, 0.4) is 0 Å². The smallest absolute Gasteiger partial charge is 0.197 e. The lowest BCUT2D eigenvalue weighted by atomic mass is 9.99. The molecule has 0 saturated carbocycles. The van der Waals surface area contributed by atoms with Crippen LogP contribution < -0.4 is 15.5 Å². The lowest BCUT2D eigenvalue weighted by molar-refractivity contribution is 0.603. The van der Waals surface area contributed by atoms with Gasteiger partial charge in [0.15, 0.2) is 11.9 Å². The largest absolute Gasteiger partial charge is 0.370 e. The van der Waals surface area contributed by atoms with Gasteiger partial charge in [0, 0.05) is 75.7 Å². The number of fused-ring (bicyclic) bond motifs is 2. The van der Waals surface area contributed by atoms with Gasteiger partial charge in [-0.05, 0) is 59.2 Å². The summed E-state index contributed by atoms with van der Waals surface area (Å²) in [4.78, 5) is 18.0. The first-order valence-electron chi connectivity index (χ1n) is 12.1. The Balaban J connectivity index is 1.42. The SMILES string of the molecule is CN=C(N)N(C)c1ccc2c(c1)CC(c1c[nH]c3ccc(-c4ccc(N(C)C(=N)N(C)C)cc4)cc13)=N2.